The summed E-state index contributed by atoms with van der Waals surface area (Å²) in [5.41, 5.74) is 0. The normalized spacial score (nSPS) is 14.6. The van der Waals surface area contributed by atoms with Crippen LogP contribution in [0.1, 0.15) is 155 Å². The number of unbranched alkanes of at least 4 members (excludes halogenated alkanes) is 19. The van der Waals surface area contributed by atoms with Gasteiger partial charge >= 0.3 is 0 Å². The molecule has 0 saturated carbocycles. The maximum absolute atomic E-state index is 12.4. The molecule has 0 heterocycles. The Kier molecular flexibility index (Phi) is 29.8. The summed E-state index contributed by atoms with van der Waals surface area (Å²) in [6, 6.07) is -0.941. The summed E-state index contributed by atoms with van der Waals surface area (Å²) < 4.78 is 15.5. The zero-order valence-electron chi connectivity index (χ0n) is 25.5. The van der Waals surface area contributed by atoms with Crippen LogP contribution in [-0.2, 0) is 13.9 Å². The zero-order chi connectivity index (χ0) is 28.3. The largest absolute Gasteiger partial charge is 0.756 e. The highest BCUT2D eigenvalue weighted by molar-refractivity contribution is 7.44. The smallest absolute Gasteiger partial charge is 0.265 e. The van der Waals surface area contributed by atoms with Crippen molar-refractivity contribution in [1.29, 1.82) is 0 Å². The molecule has 234 valence electrons. The van der Waals surface area contributed by atoms with Gasteiger partial charge in [0.2, 0.25) is 5.91 Å². The van der Waals surface area contributed by atoms with Gasteiger partial charge in [-0.05, 0) is 19.3 Å². The number of nitrogens with one attached hydrogen (secondary N) is 1. The van der Waals surface area contributed by atoms with Crippen molar-refractivity contribution >= 4 is 13.7 Å². The van der Waals surface area contributed by atoms with Gasteiger partial charge in [0, 0.05) is 6.42 Å². The molecule has 1 amide bonds. The van der Waals surface area contributed by atoms with Crippen LogP contribution in [-0.4, -0.2) is 34.7 Å². The number of hydrogen-bond donors (Lipinski definition) is 4. The first kappa shape index (κ1) is 40.4. The van der Waals surface area contributed by atoms with E-state index in [9.17, 15) is 19.4 Å². The molecule has 1 unspecified atom stereocenters. The van der Waals surface area contributed by atoms with E-state index in [0.29, 0.717) is 6.42 Å². The third kappa shape index (κ3) is 30.0. The van der Waals surface area contributed by atoms with E-state index in [1.807, 2.05) is 6.08 Å². The summed E-state index contributed by atoms with van der Waals surface area (Å²) in [5, 5.41) is 13.2. The lowest BCUT2D eigenvalue weighted by Crippen LogP contribution is -2.45. The quantitative estimate of drug-likeness (QED) is 0.0420. The van der Waals surface area contributed by atoms with Crippen molar-refractivity contribution in [2.45, 2.75) is 167 Å². The molecule has 0 aliphatic carbocycles. The molecule has 0 radical (unpaired) electrons. The van der Waals surface area contributed by atoms with Crippen molar-refractivity contribution in [2.75, 3.05) is 6.61 Å². The molecule has 9 heteroatoms. The molecule has 0 aromatic heterocycles. The number of allylic oxidation sites excluding steroid dienone is 1. The van der Waals surface area contributed by atoms with Crippen LogP contribution in [0.25, 0.3) is 0 Å². The molecular formula is C30H63N2O6P. The number of aliphatic hydroxyl groups is 1. The van der Waals surface area contributed by atoms with Crippen LogP contribution in [0.2, 0.25) is 0 Å². The predicted molar refractivity (Wildman–Crippen MR) is 162 cm³/mol. The first-order valence-corrected chi connectivity index (χ1v) is 17.1. The Hall–Kier alpha value is -0.760. The molecule has 0 aromatic carbocycles. The Morgan fingerprint density at radius 3 is 1.64 bits per heavy atom. The molecule has 0 bridgehead atoms. The maximum atomic E-state index is 12.4. The third-order valence-corrected chi connectivity index (χ3v) is 7.47. The third-order valence-electron chi connectivity index (χ3n) is 6.99. The fourth-order valence-electron chi connectivity index (χ4n) is 4.57. The minimum Gasteiger partial charge on any atom is -0.756 e. The topological polar surface area (TPSA) is 155 Å². The van der Waals surface area contributed by atoms with E-state index >= 15 is 0 Å². The lowest BCUT2D eigenvalue weighted by molar-refractivity contribution is -0.220. The molecule has 0 aliphatic rings. The second-order valence-corrected chi connectivity index (χ2v) is 12.0. The lowest BCUT2D eigenvalue weighted by atomic mass is 10.0. The fraction of sp³-hybridized carbons (Fsp3) is 0.900. The SMILES string of the molecule is CCCCCCCCCCCCC/C=C/[C@@H](O)[C@H](COP(=O)([O-])O)NC(=O)CCCCCCCCCCC.[NH4+]. The second kappa shape index (κ2) is 28.8. The first-order chi connectivity index (χ1) is 18.3. The zero-order valence-corrected chi connectivity index (χ0v) is 26.4. The summed E-state index contributed by atoms with van der Waals surface area (Å²) in [4.78, 5) is 32.3. The minimum absolute atomic E-state index is 0. The van der Waals surface area contributed by atoms with E-state index in [-0.39, 0.29) is 12.1 Å². The van der Waals surface area contributed by atoms with Gasteiger partial charge in [0.15, 0.2) is 0 Å². The number of rotatable bonds is 28. The molecule has 0 rings (SSSR count). The van der Waals surface area contributed by atoms with Crippen molar-refractivity contribution in [3.8, 4) is 0 Å². The average molecular weight is 579 g/mol. The number of phosphoric ester groups is 1. The highest BCUT2D eigenvalue weighted by Gasteiger charge is 2.21. The van der Waals surface area contributed by atoms with E-state index in [4.69, 9.17) is 4.89 Å². The minimum atomic E-state index is -4.94. The summed E-state index contributed by atoms with van der Waals surface area (Å²) in [7, 11) is -4.94. The van der Waals surface area contributed by atoms with E-state index in [1.165, 1.54) is 96.3 Å². The van der Waals surface area contributed by atoms with E-state index in [2.05, 4.69) is 23.7 Å². The Bertz CT molecular complexity index is 614. The standard InChI is InChI=1S/C30H60NO6P.H3N/c1-3-5-7-9-11-13-14-15-16-18-19-21-23-25-29(32)28(27-37-38(34,35)36)31-30(33)26-24-22-20-17-12-10-8-6-4-2;/h23,25,28-29,32H,3-22,24,26-27H2,1-2H3,(H,31,33)(H2,34,35,36);1H3/b25-23+;/t28-,29+;/m0./s1. The van der Waals surface area contributed by atoms with Gasteiger partial charge in [-0.25, -0.2) is 0 Å². The monoisotopic (exact) mass is 578 g/mol. The molecule has 0 aliphatic heterocycles. The van der Waals surface area contributed by atoms with Gasteiger partial charge in [-0.15, -0.1) is 0 Å². The van der Waals surface area contributed by atoms with Gasteiger partial charge in [-0.2, -0.15) is 0 Å². The van der Waals surface area contributed by atoms with Gasteiger partial charge in [0.05, 0.1) is 18.8 Å². The van der Waals surface area contributed by atoms with Gasteiger partial charge in [-0.3, -0.25) is 9.36 Å². The van der Waals surface area contributed by atoms with Gasteiger partial charge < -0.3 is 30.9 Å². The molecule has 0 fully saturated rings. The molecular weight excluding hydrogens is 515 g/mol. The summed E-state index contributed by atoms with van der Waals surface area (Å²) >= 11 is 0. The fourth-order valence-corrected chi connectivity index (χ4v) is 4.92. The van der Waals surface area contributed by atoms with Gasteiger partial charge in [0.1, 0.15) is 0 Å². The van der Waals surface area contributed by atoms with Crippen LogP contribution in [0.4, 0.5) is 0 Å². The Labute approximate surface area is 240 Å². The first-order valence-electron chi connectivity index (χ1n) is 15.6. The van der Waals surface area contributed by atoms with E-state index in [1.54, 1.807) is 6.08 Å². The number of hydrogen-bond acceptors (Lipinski definition) is 5. The Morgan fingerprint density at radius 2 is 1.21 bits per heavy atom. The molecule has 7 N–H and O–H groups in total. The number of aliphatic hydroxyl groups excluding tert-OH is 1. The Balaban J connectivity index is 0. The van der Waals surface area contributed by atoms with Gasteiger partial charge in [-0.1, -0.05) is 142 Å². The van der Waals surface area contributed by atoms with Crippen LogP contribution >= 0.6 is 7.82 Å². The molecule has 0 spiro atoms. The molecule has 0 saturated heterocycles. The van der Waals surface area contributed by atoms with E-state index in [0.717, 1.165) is 38.5 Å². The number of carbonyl (C=O) groups is 1. The predicted octanol–water partition coefficient (Wildman–Crippen LogP) is 7.86. The van der Waals surface area contributed by atoms with E-state index < -0.39 is 26.6 Å². The number of amides is 1. The molecule has 8 nitrogen and oxygen atoms in total. The number of phosphoric acid groups is 1. The highest BCUT2D eigenvalue weighted by atomic mass is 31.2. The van der Waals surface area contributed by atoms with Crippen LogP contribution in [0, 0.1) is 0 Å². The van der Waals surface area contributed by atoms with Crippen LogP contribution in [0.15, 0.2) is 12.2 Å². The second-order valence-electron chi connectivity index (χ2n) is 10.8. The molecule has 39 heavy (non-hydrogen) atoms. The summed E-state index contributed by atoms with van der Waals surface area (Å²) in [6.45, 7) is 3.94. The van der Waals surface area contributed by atoms with Crippen molar-refractivity contribution in [1.82, 2.24) is 11.5 Å². The molecule has 0 aromatic rings. The lowest BCUT2D eigenvalue weighted by Gasteiger charge is -2.25. The Morgan fingerprint density at radius 1 is 0.795 bits per heavy atom. The summed E-state index contributed by atoms with van der Waals surface area (Å²) in [6.07, 6.45) is 27.8. The number of quaternary nitrogens is 1. The van der Waals surface area contributed by atoms with Crippen LogP contribution in [0.3, 0.4) is 0 Å². The van der Waals surface area contributed by atoms with Crippen LogP contribution in [0.5, 0.6) is 0 Å². The van der Waals surface area contributed by atoms with Gasteiger partial charge in [0.25, 0.3) is 7.82 Å². The maximum Gasteiger partial charge on any atom is 0.265 e. The van der Waals surface area contributed by atoms with Crippen molar-refractivity contribution in [3.05, 3.63) is 12.2 Å². The molecule has 3 atom stereocenters. The highest BCUT2D eigenvalue weighted by Crippen LogP contribution is 2.30. The number of carbonyl (C=O) groups excluding carboxylic acids is 1. The summed E-state index contributed by atoms with van der Waals surface area (Å²) in [5.74, 6) is -0.252. The van der Waals surface area contributed by atoms with Crippen LogP contribution < -0.4 is 16.4 Å². The van der Waals surface area contributed by atoms with Crippen molar-refractivity contribution in [2.24, 2.45) is 0 Å². The average Bonchev–Trinajstić information content (AvgIpc) is 2.87. The van der Waals surface area contributed by atoms with Crippen molar-refractivity contribution in [3.63, 3.8) is 0 Å². The van der Waals surface area contributed by atoms with Crippen molar-refractivity contribution < 1.29 is 28.8 Å².